The van der Waals surface area contributed by atoms with E-state index in [9.17, 15) is 4.79 Å². The molecular weight excluding hydrogens is 311 g/mol. The van der Waals surface area contributed by atoms with Crippen molar-refractivity contribution in [1.82, 2.24) is 0 Å². The molecule has 0 saturated carbocycles. The summed E-state index contributed by atoms with van der Waals surface area (Å²) in [5.74, 6) is 0.192. The molecule has 0 aliphatic carbocycles. The average molecular weight is 321 g/mol. The molecule has 0 spiro atoms. The van der Waals surface area contributed by atoms with E-state index in [4.69, 9.17) is 33.2 Å². The Morgan fingerprint density at radius 2 is 1.90 bits per heavy atom. The van der Waals surface area contributed by atoms with Crippen LogP contribution in [0, 0.1) is 11.3 Å². The number of hydrogen-bond donors (Lipinski definition) is 1. The minimum Gasteiger partial charge on any atom is -0.484 e. The number of anilines is 1. The number of nitrogens with zero attached hydrogens (tertiary/aromatic N) is 1. The number of nitrogens with one attached hydrogen (secondary N) is 1. The van der Waals surface area contributed by atoms with Crippen LogP contribution in [-0.4, -0.2) is 12.5 Å². The molecule has 0 saturated heterocycles. The van der Waals surface area contributed by atoms with E-state index in [1.54, 1.807) is 36.4 Å². The summed E-state index contributed by atoms with van der Waals surface area (Å²) in [5.41, 5.74) is 0.857. The van der Waals surface area contributed by atoms with Crippen molar-refractivity contribution in [1.29, 1.82) is 5.26 Å². The third kappa shape index (κ3) is 4.38. The van der Waals surface area contributed by atoms with Gasteiger partial charge in [0, 0.05) is 5.02 Å². The molecule has 2 aromatic rings. The van der Waals surface area contributed by atoms with E-state index >= 15 is 0 Å². The monoisotopic (exact) mass is 320 g/mol. The lowest BCUT2D eigenvalue weighted by molar-refractivity contribution is -0.118. The van der Waals surface area contributed by atoms with Gasteiger partial charge in [0.25, 0.3) is 5.91 Å². The highest BCUT2D eigenvalue weighted by atomic mass is 35.5. The van der Waals surface area contributed by atoms with Crippen LogP contribution >= 0.6 is 23.2 Å². The summed E-state index contributed by atoms with van der Waals surface area (Å²) in [6.07, 6.45) is 0. The van der Waals surface area contributed by atoms with E-state index < -0.39 is 0 Å². The van der Waals surface area contributed by atoms with Gasteiger partial charge in [-0.1, -0.05) is 23.2 Å². The van der Waals surface area contributed by atoms with Crippen LogP contribution in [0.15, 0.2) is 42.5 Å². The Bertz CT molecular complexity index is 694. The summed E-state index contributed by atoms with van der Waals surface area (Å²) < 4.78 is 5.31. The third-order valence-electron chi connectivity index (χ3n) is 2.56. The molecular formula is C15H10Cl2N2O2. The number of nitriles is 1. The predicted octanol–water partition coefficient (Wildman–Crippen LogP) is 3.88. The molecule has 0 aliphatic heterocycles. The number of carbonyl (C=O) groups is 1. The van der Waals surface area contributed by atoms with Gasteiger partial charge in [0.1, 0.15) is 5.75 Å². The van der Waals surface area contributed by atoms with Crippen molar-refractivity contribution in [2.75, 3.05) is 11.9 Å². The molecule has 0 aromatic heterocycles. The number of carbonyl (C=O) groups excluding carboxylic acids is 1. The van der Waals surface area contributed by atoms with Gasteiger partial charge in [-0.15, -0.1) is 0 Å². The molecule has 0 radical (unpaired) electrons. The van der Waals surface area contributed by atoms with Gasteiger partial charge in [-0.3, -0.25) is 4.79 Å². The van der Waals surface area contributed by atoms with Gasteiger partial charge in [-0.05, 0) is 42.5 Å². The van der Waals surface area contributed by atoms with E-state index in [2.05, 4.69) is 5.32 Å². The molecule has 0 atom stereocenters. The van der Waals surface area contributed by atoms with Crippen LogP contribution in [0.2, 0.25) is 10.0 Å². The van der Waals surface area contributed by atoms with Crippen molar-refractivity contribution < 1.29 is 9.53 Å². The molecule has 2 rings (SSSR count). The van der Waals surface area contributed by atoms with Crippen molar-refractivity contribution in [3.63, 3.8) is 0 Å². The first-order valence-electron chi connectivity index (χ1n) is 5.96. The Morgan fingerprint density at radius 3 is 2.52 bits per heavy atom. The summed E-state index contributed by atoms with van der Waals surface area (Å²) in [6, 6.07) is 13.3. The molecule has 1 N–H and O–H groups in total. The second kappa shape index (κ2) is 6.98. The van der Waals surface area contributed by atoms with E-state index in [1.165, 1.54) is 6.07 Å². The van der Waals surface area contributed by atoms with Gasteiger partial charge in [0.2, 0.25) is 0 Å². The highest BCUT2D eigenvalue weighted by Gasteiger charge is 2.07. The average Bonchev–Trinajstić information content (AvgIpc) is 2.48. The maximum Gasteiger partial charge on any atom is 0.262 e. The number of ether oxygens (including phenoxy) is 1. The standard InChI is InChI=1S/C15H10Cl2N2O2/c16-11-2-4-12(5-3-11)21-9-15(20)19-14-6-1-10(8-18)7-13(14)17/h1-7H,9H2,(H,19,20). The van der Waals surface area contributed by atoms with Crippen LogP contribution in [0.4, 0.5) is 5.69 Å². The first-order chi connectivity index (χ1) is 10.1. The summed E-state index contributed by atoms with van der Waals surface area (Å²) in [5, 5.41) is 12.2. The minimum atomic E-state index is -0.350. The third-order valence-corrected chi connectivity index (χ3v) is 3.12. The zero-order valence-corrected chi connectivity index (χ0v) is 12.3. The summed E-state index contributed by atoms with van der Waals surface area (Å²) in [4.78, 5) is 11.8. The zero-order chi connectivity index (χ0) is 15.2. The number of benzene rings is 2. The van der Waals surface area contributed by atoms with Crippen molar-refractivity contribution >= 4 is 34.8 Å². The topological polar surface area (TPSA) is 62.1 Å². The van der Waals surface area contributed by atoms with Crippen molar-refractivity contribution in [2.24, 2.45) is 0 Å². The van der Waals surface area contributed by atoms with Gasteiger partial charge in [-0.2, -0.15) is 5.26 Å². The van der Waals surface area contributed by atoms with E-state index in [0.717, 1.165) is 0 Å². The molecule has 0 bridgehead atoms. The molecule has 1 amide bonds. The predicted molar refractivity (Wildman–Crippen MR) is 81.7 cm³/mol. The fourth-order valence-electron chi connectivity index (χ4n) is 1.55. The molecule has 2 aromatic carbocycles. The summed E-state index contributed by atoms with van der Waals surface area (Å²) >= 11 is 11.7. The van der Waals surface area contributed by atoms with E-state index in [-0.39, 0.29) is 12.5 Å². The number of halogens is 2. The normalized spacial score (nSPS) is 9.76. The van der Waals surface area contributed by atoms with Crippen LogP contribution in [0.3, 0.4) is 0 Å². The maximum atomic E-state index is 11.8. The lowest BCUT2D eigenvalue weighted by atomic mass is 10.2. The molecule has 106 valence electrons. The Kier molecular flexibility index (Phi) is 5.04. The smallest absolute Gasteiger partial charge is 0.262 e. The molecule has 21 heavy (non-hydrogen) atoms. The van der Waals surface area contributed by atoms with E-state index in [1.807, 2.05) is 6.07 Å². The Hall–Kier alpha value is -2.22. The molecule has 0 unspecified atom stereocenters. The zero-order valence-electron chi connectivity index (χ0n) is 10.8. The second-order valence-corrected chi connectivity index (χ2v) is 4.94. The lowest BCUT2D eigenvalue weighted by Crippen LogP contribution is -2.20. The van der Waals surface area contributed by atoms with E-state index in [0.29, 0.717) is 27.0 Å². The first-order valence-corrected chi connectivity index (χ1v) is 6.72. The molecule has 0 aliphatic rings. The first kappa shape index (κ1) is 15.2. The number of hydrogen-bond acceptors (Lipinski definition) is 3. The molecule has 6 heteroatoms. The quantitative estimate of drug-likeness (QED) is 0.929. The fraction of sp³-hybridized carbons (Fsp3) is 0.0667. The number of rotatable bonds is 4. The highest BCUT2D eigenvalue weighted by molar-refractivity contribution is 6.33. The van der Waals surface area contributed by atoms with Crippen LogP contribution in [-0.2, 0) is 4.79 Å². The minimum absolute atomic E-state index is 0.155. The van der Waals surface area contributed by atoms with Crippen molar-refractivity contribution in [3.05, 3.63) is 58.1 Å². The number of amides is 1. The Balaban J connectivity index is 1.93. The van der Waals surface area contributed by atoms with Crippen LogP contribution in [0.5, 0.6) is 5.75 Å². The van der Waals surface area contributed by atoms with Gasteiger partial charge in [0.15, 0.2) is 6.61 Å². The van der Waals surface area contributed by atoms with Gasteiger partial charge < -0.3 is 10.1 Å². The van der Waals surface area contributed by atoms with Gasteiger partial charge in [0.05, 0.1) is 22.3 Å². The second-order valence-electron chi connectivity index (χ2n) is 4.10. The van der Waals surface area contributed by atoms with Crippen molar-refractivity contribution in [3.8, 4) is 11.8 Å². The van der Waals surface area contributed by atoms with Gasteiger partial charge >= 0.3 is 0 Å². The van der Waals surface area contributed by atoms with Crippen LogP contribution in [0.25, 0.3) is 0 Å². The fourth-order valence-corrected chi connectivity index (χ4v) is 1.91. The van der Waals surface area contributed by atoms with Crippen LogP contribution in [0.1, 0.15) is 5.56 Å². The Morgan fingerprint density at radius 1 is 1.19 bits per heavy atom. The molecule has 4 nitrogen and oxygen atoms in total. The van der Waals surface area contributed by atoms with Crippen LogP contribution < -0.4 is 10.1 Å². The lowest BCUT2D eigenvalue weighted by Gasteiger charge is -2.09. The largest absolute Gasteiger partial charge is 0.484 e. The van der Waals surface area contributed by atoms with Crippen molar-refractivity contribution in [2.45, 2.75) is 0 Å². The summed E-state index contributed by atoms with van der Waals surface area (Å²) in [6.45, 7) is -0.155. The SMILES string of the molecule is N#Cc1ccc(NC(=O)COc2ccc(Cl)cc2)c(Cl)c1. The molecule has 0 fully saturated rings. The molecule has 0 heterocycles. The Labute approximate surface area is 131 Å². The maximum absolute atomic E-state index is 11.8. The van der Waals surface area contributed by atoms with Gasteiger partial charge in [-0.25, -0.2) is 0 Å². The summed E-state index contributed by atoms with van der Waals surface area (Å²) in [7, 11) is 0. The highest BCUT2D eigenvalue weighted by Crippen LogP contribution is 2.22.